The van der Waals surface area contributed by atoms with Gasteiger partial charge >= 0.3 is 5.97 Å². The number of carbonyl (C=O) groups is 1. The average Bonchev–Trinajstić information content (AvgIpc) is 2.42. The van der Waals surface area contributed by atoms with Crippen molar-refractivity contribution in [3.8, 4) is 5.75 Å². The van der Waals surface area contributed by atoms with Crippen LogP contribution in [0.2, 0.25) is 0 Å². The van der Waals surface area contributed by atoms with E-state index in [9.17, 15) is 4.79 Å². The maximum Gasteiger partial charge on any atom is 0.305 e. The SMILES string of the molecule is CCOC(=O)CCCCCOc1cccc(C(C)(C)C)c1. The minimum atomic E-state index is -0.101. The molecule has 0 fully saturated rings. The Morgan fingerprint density at radius 2 is 1.90 bits per heavy atom. The van der Waals surface area contributed by atoms with E-state index >= 15 is 0 Å². The van der Waals surface area contributed by atoms with Gasteiger partial charge in [-0.25, -0.2) is 0 Å². The Bertz CT molecular complexity index is 432. The van der Waals surface area contributed by atoms with Crippen LogP contribution in [0.25, 0.3) is 0 Å². The Morgan fingerprint density at radius 1 is 1.14 bits per heavy atom. The van der Waals surface area contributed by atoms with Crippen LogP contribution in [-0.4, -0.2) is 19.2 Å². The van der Waals surface area contributed by atoms with Crippen LogP contribution in [0.15, 0.2) is 24.3 Å². The minimum Gasteiger partial charge on any atom is -0.494 e. The molecule has 21 heavy (non-hydrogen) atoms. The van der Waals surface area contributed by atoms with Crippen LogP contribution in [0.5, 0.6) is 5.75 Å². The molecule has 0 saturated carbocycles. The topological polar surface area (TPSA) is 35.5 Å². The Morgan fingerprint density at radius 3 is 2.57 bits per heavy atom. The highest BCUT2D eigenvalue weighted by Crippen LogP contribution is 2.25. The minimum absolute atomic E-state index is 0.101. The first-order valence-electron chi connectivity index (χ1n) is 7.82. The fourth-order valence-electron chi connectivity index (χ4n) is 2.02. The molecule has 0 N–H and O–H groups in total. The lowest BCUT2D eigenvalue weighted by atomic mass is 9.87. The normalized spacial score (nSPS) is 11.2. The molecule has 0 aliphatic heterocycles. The van der Waals surface area contributed by atoms with Gasteiger partial charge in [0, 0.05) is 6.42 Å². The third kappa shape index (κ3) is 7.16. The lowest BCUT2D eigenvalue weighted by Crippen LogP contribution is -2.11. The van der Waals surface area contributed by atoms with Gasteiger partial charge < -0.3 is 9.47 Å². The third-order valence-corrected chi connectivity index (χ3v) is 3.30. The molecule has 0 amide bonds. The predicted molar refractivity (Wildman–Crippen MR) is 85.7 cm³/mol. The second kappa shape index (κ2) is 8.71. The van der Waals surface area contributed by atoms with Crippen molar-refractivity contribution < 1.29 is 14.3 Å². The molecular formula is C18H28O3. The van der Waals surface area contributed by atoms with Gasteiger partial charge in [-0.2, -0.15) is 0 Å². The maximum atomic E-state index is 11.2. The van der Waals surface area contributed by atoms with Crippen LogP contribution in [0.1, 0.15) is 58.9 Å². The van der Waals surface area contributed by atoms with Gasteiger partial charge in [0.05, 0.1) is 13.2 Å². The zero-order valence-corrected chi connectivity index (χ0v) is 13.8. The first kappa shape index (κ1) is 17.5. The van der Waals surface area contributed by atoms with E-state index in [2.05, 4.69) is 32.9 Å². The van der Waals surface area contributed by atoms with Crippen LogP contribution in [0.3, 0.4) is 0 Å². The second-order valence-corrected chi connectivity index (χ2v) is 6.24. The molecular weight excluding hydrogens is 264 g/mol. The number of esters is 1. The number of rotatable bonds is 8. The summed E-state index contributed by atoms with van der Waals surface area (Å²) in [5.74, 6) is 0.823. The van der Waals surface area contributed by atoms with E-state index in [0.717, 1.165) is 25.0 Å². The van der Waals surface area contributed by atoms with Gasteiger partial charge in [-0.05, 0) is 49.3 Å². The number of ether oxygens (including phenoxy) is 2. The molecule has 0 bridgehead atoms. The molecule has 0 radical (unpaired) electrons. The van der Waals surface area contributed by atoms with Crippen LogP contribution >= 0.6 is 0 Å². The Balaban J connectivity index is 2.23. The van der Waals surface area contributed by atoms with E-state index in [1.54, 1.807) is 0 Å². The van der Waals surface area contributed by atoms with Gasteiger partial charge in [-0.1, -0.05) is 32.9 Å². The average molecular weight is 292 g/mol. The Hall–Kier alpha value is -1.51. The van der Waals surface area contributed by atoms with E-state index in [1.165, 1.54) is 5.56 Å². The molecule has 0 atom stereocenters. The summed E-state index contributed by atoms with van der Waals surface area (Å²) in [4.78, 5) is 11.2. The lowest BCUT2D eigenvalue weighted by Gasteiger charge is -2.19. The summed E-state index contributed by atoms with van der Waals surface area (Å²) >= 11 is 0. The standard InChI is InChI=1S/C18H28O3/c1-5-20-17(19)12-7-6-8-13-21-16-11-9-10-15(14-16)18(2,3)4/h9-11,14H,5-8,12-13H2,1-4H3. The van der Waals surface area contributed by atoms with E-state index in [-0.39, 0.29) is 11.4 Å². The number of hydrogen-bond donors (Lipinski definition) is 0. The number of unbranched alkanes of at least 4 members (excludes halogenated alkanes) is 2. The van der Waals surface area contributed by atoms with Crippen molar-refractivity contribution in [3.05, 3.63) is 29.8 Å². The zero-order valence-electron chi connectivity index (χ0n) is 13.8. The Kier molecular flexibility index (Phi) is 7.27. The van der Waals surface area contributed by atoms with Gasteiger partial charge in [0.15, 0.2) is 0 Å². The molecule has 0 aliphatic rings. The zero-order chi connectivity index (χ0) is 15.7. The van der Waals surface area contributed by atoms with Crippen molar-refractivity contribution in [2.45, 2.75) is 58.8 Å². The molecule has 0 saturated heterocycles. The fraction of sp³-hybridized carbons (Fsp3) is 0.611. The largest absolute Gasteiger partial charge is 0.494 e. The predicted octanol–water partition coefficient (Wildman–Crippen LogP) is 4.49. The second-order valence-electron chi connectivity index (χ2n) is 6.24. The summed E-state index contributed by atoms with van der Waals surface area (Å²) < 4.78 is 10.7. The number of carbonyl (C=O) groups excluding carboxylic acids is 1. The van der Waals surface area contributed by atoms with Crippen LogP contribution in [0, 0.1) is 0 Å². The smallest absolute Gasteiger partial charge is 0.305 e. The number of hydrogen-bond acceptors (Lipinski definition) is 3. The molecule has 0 unspecified atom stereocenters. The summed E-state index contributed by atoms with van der Waals surface area (Å²) in [6, 6.07) is 8.27. The molecule has 3 heteroatoms. The third-order valence-electron chi connectivity index (χ3n) is 3.30. The van der Waals surface area contributed by atoms with E-state index in [4.69, 9.17) is 9.47 Å². The van der Waals surface area contributed by atoms with E-state index < -0.39 is 0 Å². The molecule has 0 aliphatic carbocycles. The summed E-state index contributed by atoms with van der Waals surface area (Å²) in [7, 11) is 0. The molecule has 0 heterocycles. The van der Waals surface area contributed by atoms with Crippen LogP contribution in [0.4, 0.5) is 0 Å². The van der Waals surface area contributed by atoms with Gasteiger partial charge in [0.1, 0.15) is 5.75 Å². The highest BCUT2D eigenvalue weighted by molar-refractivity contribution is 5.69. The van der Waals surface area contributed by atoms with Gasteiger partial charge in [0.2, 0.25) is 0 Å². The molecule has 118 valence electrons. The number of benzene rings is 1. The quantitative estimate of drug-likeness (QED) is 0.523. The van der Waals surface area contributed by atoms with Crippen molar-refractivity contribution >= 4 is 5.97 Å². The van der Waals surface area contributed by atoms with Crippen molar-refractivity contribution in [2.75, 3.05) is 13.2 Å². The van der Waals surface area contributed by atoms with Gasteiger partial charge in [-0.3, -0.25) is 4.79 Å². The monoisotopic (exact) mass is 292 g/mol. The molecule has 0 aromatic heterocycles. The molecule has 3 nitrogen and oxygen atoms in total. The Labute approximate surface area is 128 Å². The van der Waals surface area contributed by atoms with Crippen LogP contribution < -0.4 is 4.74 Å². The summed E-state index contributed by atoms with van der Waals surface area (Å²) in [6.07, 6.45) is 3.31. The molecule has 1 aromatic carbocycles. The van der Waals surface area contributed by atoms with Gasteiger partial charge in [0.25, 0.3) is 0 Å². The highest BCUT2D eigenvalue weighted by Gasteiger charge is 2.13. The first-order chi connectivity index (χ1) is 9.93. The van der Waals surface area contributed by atoms with Crippen LogP contribution in [-0.2, 0) is 14.9 Å². The van der Waals surface area contributed by atoms with Crippen molar-refractivity contribution in [1.29, 1.82) is 0 Å². The summed E-state index contributed by atoms with van der Waals surface area (Å²) in [5.41, 5.74) is 1.42. The van der Waals surface area contributed by atoms with Gasteiger partial charge in [-0.15, -0.1) is 0 Å². The van der Waals surface area contributed by atoms with Crippen molar-refractivity contribution in [2.24, 2.45) is 0 Å². The van der Waals surface area contributed by atoms with Crippen molar-refractivity contribution in [1.82, 2.24) is 0 Å². The molecule has 1 aromatic rings. The van der Waals surface area contributed by atoms with E-state index in [0.29, 0.717) is 19.6 Å². The lowest BCUT2D eigenvalue weighted by molar-refractivity contribution is -0.143. The first-order valence-corrected chi connectivity index (χ1v) is 7.82. The summed E-state index contributed by atoms with van der Waals surface area (Å²) in [5, 5.41) is 0. The highest BCUT2D eigenvalue weighted by atomic mass is 16.5. The van der Waals surface area contributed by atoms with E-state index in [1.807, 2.05) is 19.1 Å². The fourth-order valence-corrected chi connectivity index (χ4v) is 2.02. The molecule has 0 spiro atoms. The summed E-state index contributed by atoms with van der Waals surface area (Å²) in [6.45, 7) is 9.57. The van der Waals surface area contributed by atoms with Crippen molar-refractivity contribution in [3.63, 3.8) is 0 Å². The molecule has 1 rings (SSSR count). The maximum absolute atomic E-state index is 11.2.